The lowest BCUT2D eigenvalue weighted by atomic mass is 9.47. The van der Waals surface area contributed by atoms with Gasteiger partial charge in [0.2, 0.25) is 0 Å². The van der Waals surface area contributed by atoms with Gasteiger partial charge in [-0.1, -0.05) is 32.4 Å². The van der Waals surface area contributed by atoms with Crippen LogP contribution in [-0.2, 0) is 11.2 Å². The van der Waals surface area contributed by atoms with Gasteiger partial charge >= 0.3 is 5.97 Å². The number of aromatic hydroxyl groups is 1. The summed E-state index contributed by atoms with van der Waals surface area (Å²) in [4.78, 5) is 11.9. The van der Waals surface area contributed by atoms with Crippen LogP contribution < -0.4 is 0 Å². The standard InChI is InChI=1S/C23H32O3/c1-15-7-6-8-20-22(15,3)12-11-16(2)23(20,4)14-18-13-17(21(25)26-5)9-10-19(18)24/h7,9-10,13,16,20,24H,6,8,11-12,14H2,1-5H3/t16-,20+,22-,23+/m0/s1. The Balaban J connectivity index is 1.99. The number of phenols is 1. The lowest BCUT2D eigenvalue weighted by Gasteiger charge is -2.58. The van der Waals surface area contributed by atoms with Crippen molar-refractivity contribution in [2.45, 2.75) is 59.8 Å². The number of carbonyl (C=O) groups is 1. The largest absolute Gasteiger partial charge is 0.508 e. The highest BCUT2D eigenvalue weighted by Crippen LogP contribution is 2.61. The van der Waals surface area contributed by atoms with Crippen LogP contribution >= 0.6 is 0 Å². The van der Waals surface area contributed by atoms with Crippen molar-refractivity contribution in [2.24, 2.45) is 22.7 Å². The van der Waals surface area contributed by atoms with Gasteiger partial charge < -0.3 is 9.84 Å². The van der Waals surface area contributed by atoms with E-state index in [9.17, 15) is 9.90 Å². The van der Waals surface area contributed by atoms with E-state index in [-0.39, 0.29) is 22.5 Å². The van der Waals surface area contributed by atoms with Gasteiger partial charge in [0.1, 0.15) is 5.75 Å². The third kappa shape index (κ3) is 2.95. The monoisotopic (exact) mass is 356 g/mol. The molecule has 3 rings (SSSR count). The zero-order valence-corrected chi connectivity index (χ0v) is 16.8. The molecule has 0 spiro atoms. The first-order valence-corrected chi connectivity index (χ1v) is 9.80. The van der Waals surface area contributed by atoms with E-state index in [1.54, 1.807) is 12.1 Å². The Morgan fingerprint density at radius 1 is 1.31 bits per heavy atom. The predicted molar refractivity (Wildman–Crippen MR) is 104 cm³/mol. The number of esters is 1. The summed E-state index contributed by atoms with van der Waals surface area (Å²) in [7, 11) is 1.39. The van der Waals surface area contributed by atoms with Crippen LogP contribution in [0.5, 0.6) is 5.75 Å². The van der Waals surface area contributed by atoms with E-state index in [0.29, 0.717) is 17.4 Å². The molecule has 0 aliphatic heterocycles. The highest BCUT2D eigenvalue weighted by molar-refractivity contribution is 5.89. The minimum Gasteiger partial charge on any atom is -0.508 e. The van der Waals surface area contributed by atoms with Crippen molar-refractivity contribution in [3.8, 4) is 5.75 Å². The van der Waals surface area contributed by atoms with Gasteiger partial charge in [0.05, 0.1) is 12.7 Å². The Hall–Kier alpha value is -1.77. The number of allylic oxidation sites excluding steroid dienone is 2. The van der Waals surface area contributed by atoms with Crippen molar-refractivity contribution in [3.63, 3.8) is 0 Å². The summed E-state index contributed by atoms with van der Waals surface area (Å²) >= 11 is 0. The Kier molecular flexibility index (Phi) is 4.94. The van der Waals surface area contributed by atoms with E-state index < -0.39 is 0 Å². The van der Waals surface area contributed by atoms with Crippen molar-refractivity contribution >= 4 is 5.97 Å². The number of ether oxygens (including phenoxy) is 1. The van der Waals surface area contributed by atoms with Crippen LogP contribution in [0, 0.1) is 22.7 Å². The molecular formula is C23H32O3. The van der Waals surface area contributed by atoms with E-state index in [4.69, 9.17) is 4.74 Å². The molecule has 4 atom stereocenters. The molecule has 0 aromatic heterocycles. The topological polar surface area (TPSA) is 46.5 Å². The van der Waals surface area contributed by atoms with E-state index in [0.717, 1.165) is 18.4 Å². The summed E-state index contributed by atoms with van der Waals surface area (Å²) in [6, 6.07) is 5.08. The van der Waals surface area contributed by atoms with Crippen LogP contribution in [0.4, 0.5) is 0 Å². The number of carbonyl (C=O) groups excluding carboxylic acids is 1. The van der Waals surface area contributed by atoms with Crippen LogP contribution in [-0.4, -0.2) is 18.2 Å². The SMILES string of the molecule is COC(=O)c1ccc(O)c(C[C@]2(C)[C@@H](C)CC[C@@]3(C)C(C)=CCC[C@@H]23)c1. The zero-order valence-electron chi connectivity index (χ0n) is 16.8. The van der Waals surface area contributed by atoms with Gasteiger partial charge in [0.25, 0.3) is 0 Å². The van der Waals surface area contributed by atoms with E-state index in [1.165, 1.54) is 31.9 Å². The molecule has 26 heavy (non-hydrogen) atoms. The van der Waals surface area contributed by atoms with Crippen molar-refractivity contribution in [1.29, 1.82) is 0 Å². The molecular weight excluding hydrogens is 324 g/mol. The molecule has 1 saturated carbocycles. The Morgan fingerprint density at radius 3 is 2.73 bits per heavy atom. The van der Waals surface area contributed by atoms with Gasteiger partial charge in [-0.05, 0) is 85.5 Å². The normalized spacial score (nSPS) is 34.0. The summed E-state index contributed by atoms with van der Waals surface area (Å²) in [6.45, 7) is 9.46. The van der Waals surface area contributed by atoms with Crippen molar-refractivity contribution in [3.05, 3.63) is 41.0 Å². The Bertz CT molecular complexity index is 735. The summed E-state index contributed by atoms with van der Waals surface area (Å²) < 4.78 is 4.86. The third-order valence-electron chi connectivity index (χ3n) is 7.67. The van der Waals surface area contributed by atoms with Crippen LogP contribution in [0.2, 0.25) is 0 Å². The minimum absolute atomic E-state index is 0.0920. The fraction of sp³-hybridized carbons (Fsp3) is 0.609. The van der Waals surface area contributed by atoms with Crippen molar-refractivity contribution in [1.82, 2.24) is 0 Å². The summed E-state index contributed by atoms with van der Waals surface area (Å²) in [6.07, 6.45) is 7.99. The van der Waals surface area contributed by atoms with Crippen LogP contribution in [0.3, 0.4) is 0 Å². The number of phenolic OH excluding ortho intramolecular Hbond substituents is 1. The van der Waals surface area contributed by atoms with Crippen LogP contribution in [0.25, 0.3) is 0 Å². The van der Waals surface area contributed by atoms with Gasteiger partial charge in [0, 0.05) is 0 Å². The minimum atomic E-state index is -0.352. The van der Waals surface area contributed by atoms with Crippen molar-refractivity contribution < 1.29 is 14.6 Å². The Labute approximate surface area is 157 Å². The number of hydrogen-bond donors (Lipinski definition) is 1. The molecule has 0 heterocycles. The number of fused-ring (bicyclic) bond motifs is 1. The molecule has 3 heteroatoms. The highest BCUT2D eigenvalue weighted by Gasteiger charge is 2.53. The summed E-state index contributed by atoms with van der Waals surface area (Å²) in [5, 5.41) is 10.5. The first-order valence-electron chi connectivity index (χ1n) is 9.80. The molecule has 2 aliphatic rings. The molecule has 2 aliphatic carbocycles. The number of hydrogen-bond acceptors (Lipinski definition) is 3. The van der Waals surface area contributed by atoms with Crippen molar-refractivity contribution in [2.75, 3.05) is 7.11 Å². The molecule has 1 aromatic carbocycles. The van der Waals surface area contributed by atoms with Gasteiger partial charge in [0.15, 0.2) is 0 Å². The smallest absolute Gasteiger partial charge is 0.337 e. The van der Waals surface area contributed by atoms with E-state index in [2.05, 4.69) is 33.8 Å². The quantitative estimate of drug-likeness (QED) is 0.573. The molecule has 142 valence electrons. The van der Waals surface area contributed by atoms with Gasteiger partial charge in [-0.2, -0.15) is 0 Å². The predicted octanol–water partition coefficient (Wildman–Crippen LogP) is 5.52. The van der Waals surface area contributed by atoms with E-state index >= 15 is 0 Å². The molecule has 1 N–H and O–H groups in total. The second-order valence-electron chi connectivity index (χ2n) is 8.89. The molecule has 0 amide bonds. The number of benzene rings is 1. The average molecular weight is 357 g/mol. The fourth-order valence-corrected chi connectivity index (χ4v) is 5.59. The molecule has 0 radical (unpaired) electrons. The maximum atomic E-state index is 11.9. The fourth-order valence-electron chi connectivity index (χ4n) is 5.59. The molecule has 1 aromatic rings. The third-order valence-corrected chi connectivity index (χ3v) is 7.67. The number of rotatable bonds is 3. The van der Waals surface area contributed by atoms with Crippen LogP contribution in [0.1, 0.15) is 69.3 Å². The molecule has 0 unspecified atom stereocenters. The maximum absolute atomic E-state index is 11.9. The van der Waals surface area contributed by atoms with Gasteiger partial charge in [-0.25, -0.2) is 4.79 Å². The lowest BCUT2D eigenvalue weighted by Crippen LogP contribution is -2.50. The second kappa shape index (κ2) is 6.75. The second-order valence-corrected chi connectivity index (χ2v) is 8.89. The first kappa shape index (κ1) is 19.0. The first-order chi connectivity index (χ1) is 12.2. The summed E-state index contributed by atoms with van der Waals surface area (Å²) in [5.74, 6) is 1.09. The molecule has 1 fully saturated rings. The number of methoxy groups -OCH3 is 1. The summed E-state index contributed by atoms with van der Waals surface area (Å²) in [5.41, 5.74) is 3.23. The maximum Gasteiger partial charge on any atom is 0.337 e. The van der Waals surface area contributed by atoms with Gasteiger partial charge in [-0.3, -0.25) is 0 Å². The highest BCUT2D eigenvalue weighted by atomic mass is 16.5. The molecule has 3 nitrogen and oxygen atoms in total. The molecule has 0 bridgehead atoms. The van der Waals surface area contributed by atoms with Crippen LogP contribution in [0.15, 0.2) is 29.8 Å². The zero-order chi connectivity index (χ0) is 19.1. The molecule has 0 saturated heterocycles. The van der Waals surface area contributed by atoms with E-state index in [1.807, 2.05) is 6.07 Å². The van der Waals surface area contributed by atoms with Gasteiger partial charge in [-0.15, -0.1) is 0 Å². The lowest BCUT2D eigenvalue weighted by molar-refractivity contribution is -0.0412. The average Bonchev–Trinajstić information content (AvgIpc) is 2.62. The Morgan fingerprint density at radius 2 is 2.04 bits per heavy atom.